The van der Waals surface area contributed by atoms with Gasteiger partial charge in [0.1, 0.15) is 5.54 Å². The maximum atomic E-state index is 13.3. The van der Waals surface area contributed by atoms with Crippen molar-refractivity contribution in [3.05, 3.63) is 35.4 Å². The van der Waals surface area contributed by atoms with Gasteiger partial charge in [-0.25, -0.2) is 4.79 Å². The third-order valence-electron chi connectivity index (χ3n) is 7.06. The zero-order chi connectivity index (χ0) is 22.0. The first-order chi connectivity index (χ1) is 14.9. The van der Waals surface area contributed by atoms with Crippen LogP contribution < -0.4 is 5.32 Å². The van der Waals surface area contributed by atoms with E-state index in [2.05, 4.69) is 17.1 Å². The van der Waals surface area contributed by atoms with Gasteiger partial charge >= 0.3 is 6.03 Å². The van der Waals surface area contributed by atoms with Crippen LogP contribution in [-0.2, 0) is 16.0 Å². The normalized spacial score (nSPS) is 22.3. The lowest BCUT2D eigenvalue weighted by Gasteiger charge is -2.38. The van der Waals surface area contributed by atoms with Gasteiger partial charge in [0, 0.05) is 32.2 Å². The number of hydrogen-bond acceptors (Lipinski definition) is 4. The maximum absolute atomic E-state index is 13.3. The molecule has 4 rings (SSSR count). The molecule has 4 amide bonds. The number of imide groups is 1. The molecule has 0 aromatic heterocycles. The van der Waals surface area contributed by atoms with Crippen molar-refractivity contribution < 1.29 is 14.4 Å². The van der Waals surface area contributed by atoms with Crippen LogP contribution in [0.15, 0.2) is 24.3 Å². The second-order valence-electron chi connectivity index (χ2n) is 9.31. The van der Waals surface area contributed by atoms with Crippen molar-refractivity contribution in [2.75, 3.05) is 32.7 Å². The SMILES string of the molecule is CCCN1CCC2(CC1)NC(=O)N(C1CCN(C(=O)Cc3cccc(C)c3)CC1)C2=O. The molecule has 7 nitrogen and oxygen atoms in total. The van der Waals surface area contributed by atoms with E-state index in [1.165, 1.54) is 4.90 Å². The van der Waals surface area contributed by atoms with E-state index in [-0.39, 0.29) is 23.9 Å². The summed E-state index contributed by atoms with van der Waals surface area (Å²) in [7, 11) is 0. The molecule has 168 valence electrons. The van der Waals surface area contributed by atoms with E-state index in [4.69, 9.17) is 0 Å². The van der Waals surface area contributed by atoms with Gasteiger partial charge in [-0.05, 0) is 51.1 Å². The average molecular weight is 427 g/mol. The van der Waals surface area contributed by atoms with Crippen LogP contribution in [0.3, 0.4) is 0 Å². The van der Waals surface area contributed by atoms with Gasteiger partial charge in [-0.1, -0.05) is 36.8 Å². The van der Waals surface area contributed by atoms with Gasteiger partial charge in [-0.15, -0.1) is 0 Å². The number of hydrogen-bond donors (Lipinski definition) is 1. The van der Waals surface area contributed by atoms with Crippen molar-refractivity contribution in [1.82, 2.24) is 20.0 Å². The minimum absolute atomic E-state index is 0.0572. The number of benzene rings is 1. The molecule has 0 radical (unpaired) electrons. The summed E-state index contributed by atoms with van der Waals surface area (Å²) in [5, 5.41) is 3.03. The van der Waals surface area contributed by atoms with Crippen LogP contribution in [0.1, 0.15) is 50.2 Å². The number of amides is 4. The van der Waals surface area contributed by atoms with Gasteiger partial charge in [0.2, 0.25) is 5.91 Å². The van der Waals surface area contributed by atoms with E-state index < -0.39 is 5.54 Å². The van der Waals surface area contributed by atoms with E-state index in [1.54, 1.807) is 0 Å². The Labute approximate surface area is 184 Å². The fourth-order valence-electron chi connectivity index (χ4n) is 5.27. The predicted molar refractivity (Wildman–Crippen MR) is 119 cm³/mol. The van der Waals surface area contributed by atoms with Crippen molar-refractivity contribution in [3.8, 4) is 0 Å². The molecule has 31 heavy (non-hydrogen) atoms. The summed E-state index contributed by atoms with van der Waals surface area (Å²) in [5.41, 5.74) is 1.45. The summed E-state index contributed by atoms with van der Waals surface area (Å²) in [6.07, 6.45) is 4.16. The topological polar surface area (TPSA) is 73.0 Å². The number of piperidine rings is 2. The maximum Gasteiger partial charge on any atom is 0.325 e. The third kappa shape index (κ3) is 4.47. The highest BCUT2D eigenvalue weighted by molar-refractivity contribution is 6.07. The van der Waals surface area contributed by atoms with Gasteiger partial charge < -0.3 is 15.1 Å². The molecule has 3 aliphatic rings. The van der Waals surface area contributed by atoms with E-state index in [0.717, 1.165) is 37.2 Å². The lowest BCUT2D eigenvalue weighted by Crippen LogP contribution is -2.55. The summed E-state index contributed by atoms with van der Waals surface area (Å²) in [6, 6.07) is 7.66. The molecule has 0 atom stereocenters. The molecule has 1 aromatic carbocycles. The zero-order valence-corrected chi connectivity index (χ0v) is 18.7. The first-order valence-corrected chi connectivity index (χ1v) is 11.6. The van der Waals surface area contributed by atoms with Gasteiger partial charge in [-0.2, -0.15) is 0 Å². The summed E-state index contributed by atoms with van der Waals surface area (Å²) < 4.78 is 0. The van der Waals surface area contributed by atoms with Crippen molar-refractivity contribution in [1.29, 1.82) is 0 Å². The fraction of sp³-hybridized carbons (Fsp3) is 0.625. The second kappa shape index (κ2) is 8.99. The van der Waals surface area contributed by atoms with Crippen LogP contribution in [0.4, 0.5) is 4.79 Å². The molecule has 0 saturated carbocycles. The van der Waals surface area contributed by atoms with Crippen LogP contribution in [-0.4, -0.2) is 76.8 Å². The van der Waals surface area contributed by atoms with Crippen LogP contribution in [0.2, 0.25) is 0 Å². The summed E-state index contributed by atoms with van der Waals surface area (Å²) >= 11 is 0. The largest absolute Gasteiger partial charge is 0.342 e. The number of nitrogens with one attached hydrogen (secondary N) is 1. The molecular weight excluding hydrogens is 392 g/mol. The molecule has 0 aliphatic carbocycles. The highest BCUT2D eigenvalue weighted by atomic mass is 16.2. The number of urea groups is 1. The Morgan fingerprint density at radius 1 is 1.13 bits per heavy atom. The van der Waals surface area contributed by atoms with Gasteiger partial charge in [0.15, 0.2) is 0 Å². The minimum atomic E-state index is -0.723. The number of carbonyl (C=O) groups is 3. The number of nitrogens with zero attached hydrogens (tertiary/aromatic N) is 3. The molecule has 1 N–H and O–H groups in total. The molecular formula is C24H34N4O3. The molecule has 3 saturated heterocycles. The van der Waals surface area contributed by atoms with Crippen molar-refractivity contribution in [3.63, 3.8) is 0 Å². The lowest BCUT2D eigenvalue weighted by molar-refractivity contribution is -0.136. The fourth-order valence-corrected chi connectivity index (χ4v) is 5.27. The Hall–Kier alpha value is -2.41. The van der Waals surface area contributed by atoms with E-state index in [1.807, 2.05) is 36.1 Å². The van der Waals surface area contributed by atoms with Crippen molar-refractivity contribution >= 4 is 17.8 Å². The van der Waals surface area contributed by atoms with Gasteiger partial charge in [-0.3, -0.25) is 14.5 Å². The number of likely N-dealkylation sites (tertiary alicyclic amines) is 2. The smallest absolute Gasteiger partial charge is 0.325 e. The van der Waals surface area contributed by atoms with Crippen LogP contribution in [0.5, 0.6) is 0 Å². The predicted octanol–water partition coefficient (Wildman–Crippen LogP) is 2.32. The Balaban J connectivity index is 1.33. The Kier molecular flexibility index (Phi) is 6.32. The standard InChI is InChI=1S/C24H34N4O3/c1-3-11-26-14-9-24(10-15-26)22(30)28(23(31)25-24)20-7-12-27(13-8-20)21(29)17-19-6-4-5-18(2)16-19/h4-6,16,20H,3,7-15,17H2,1-2H3,(H,25,31). The number of aryl methyl sites for hydroxylation is 1. The first-order valence-electron chi connectivity index (χ1n) is 11.6. The second-order valence-corrected chi connectivity index (χ2v) is 9.31. The van der Waals surface area contributed by atoms with E-state index >= 15 is 0 Å². The Bertz CT molecular complexity index is 839. The van der Waals surface area contributed by atoms with E-state index in [0.29, 0.717) is 45.2 Å². The molecule has 0 bridgehead atoms. The molecule has 3 fully saturated rings. The lowest BCUT2D eigenvalue weighted by atomic mass is 9.87. The Morgan fingerprint density at radius 3 is 2.48 bits per heavy atom. The summed E-state index contributed by atoms with van der Waals surface area (Å²) in [6.45, 7) is 8.09. The molecule has 7 heteroatoms. The number of rotatable bonds is 5. The van der Waals surface area contributed by atoms with Crippen molar-refractivity contribution in [2.24, 2.45) is 0 Å². The third-order valence-corrected chi connectivity index (χ3v) is 7.06. The summed E-state index contributed by atoms with van der Waals surface area (Å²) in [4.78, 5) is 44.5. The van der Waals surface area contributed by atoms with Crippen LogP contribution in [0, 0.1) is 6.92 Å². The van der Waals surface area contributed by atoms with Gasteiger partial charge in [0.05, 0.1) is 6.42 Å². The Morgan fingerprint density at radius 2 is 1.84 bits per heavy atom. The summed E-state index contributed by atoms with van der Waals surface area (Å²) in [5.74, 6) is 0.0548. The van der Waals surface area contributed by atoms with Gasteiger partial charge in [0.25, 0.3) is 5.91 Å². The number of carbonyl (C=O) groups excluding carboxylic acids is 3. The van der Waals surface area contributed by atoms with Crippen molar-refractivity contribution in [2.45, 2.75) is 64.0 Å². The minimum Gasteiger partial charge on any atom is -0.342 e. The average Bonchev–Trinajstić information content (AvgIpc) is 2.99. The molecule has 1 aromatic rings. The molecule has 1 spiro atoms. The highest BCUT2D eigenvalue weighted by Gasteiger charge is 2.54. The first kappa shape index (κ1) is 21.8. The zero-order valence-electron chi connectivity index (χ0n) is 18.7. The molecule has 3 aliphatic heterocycles. The van der Waals surface area contributed by atoms with E-state index in [9.17, 15) is 14.4 Å². The molecule has 3 heterocycles. The quantitative estimate of drug-likeness (QED) is 0.734. The monoisotopic (exact) mass is 426 g/mol. The van der Waals surface area contributed by atoms with Crippen LogP contribution >= 0.6 is 0 Å². The van der Waals surface area contributed by atoms with Crippen LogP contribution in [0.25, 0.3) is 0 Å². The molecule has 0 unspecified atom stereocenters. The highest BCUT2D eigenvalue weighted by Crippen LogP contribution is 2.32.